The monoisotopic (exact) mass is 174 g/mol. The number of anilines is 1. The highest BCUT2D eigenvalue weighted by atomic mass is 16.1. The van der Waals surface area contributed by atoms with Crippen LogP contribution in [0.25, 0.3) is 10.9 Å². The van der Waals surface area contributed by atoms with Gasteiger partial charge in [0.15, 0.2) is 6.29 Å². The summed E-state index contributed by atoms with van der Waals surface area (Å²) in [7, 11) is 0. The normalized spacial score (nSPS) is 10.5. The number of hydrogen-bond donors (Lipinski definition) is 2. The Labute approximate surface area is 75.6 Å². The minimum Gasteiger partial charge on any atom is -0.399 e. The Morgan fingerprint density at radius 1 is 1.46 bits per heavy atom. The Morgan fingerprint density at radius 3 is 2.92 bits per heavy atom. The van der Waals surface area contributed by atoms with E-state index in [1.807, 2.05) is 25.1 Å². The third kappa shape index (κ3) is 1.09. The number of aromatic nitrogens is 1. The number of benzene rings is 1. The van der Waals surface area contributed by atoms with E-state index in [4.69, 9.17) is 5.73 Å². The number of nitrogens with one attached hydrogen (secondary N) is 1. The number of rotatable bonds is 1. The average Bonchev–Trinajstić information content (AvgIpc) is 2.44. The Morgan fingerprint density at radius 2 is 2.23 bits per heavy atom. The summed E-state index contributed by atoms with van der Waals surface area (Å²) in [6.07, 6.45) is 0.825. The molecule has 0 fully saturated rings. The molecule has 0 atom stereocenters. The number of carbonyl (C=O) groups excluding carboxylic acids is 1. The molecule has 0 aliphatic carbocycles. The Kier molecular flexibility index (Phi) is 1.59. The molecule has 1 heterocycles. The van der Waals surface area contributed by atoms with Crippen LogP contribution in [0.1, 0.15) is 16.1 Å². The van der Waals surface area contributed by atoms with Gasteiger partial charge in [-0.3, -0.25) is 4.79 Å². The predicted molar refractivity (Wildman–Crippen MR) is 52.8 cm³/mol. The van der Waals surface area contributed by atoms with Gasteiger partial charge in [-0.25, -0.2) is 0 Å². The van der Waals surface area contributed by atoms with Crippen molar-refractivity contribution in [2.45, 2.75) is 6.92 Å². The van der Waals surface area contributed by atoms with E-state index in [2.05, 4.69) is 4.98 Å². The van der Waals surface area contributed by atoms with Gasteiger partial charge in [0.2, 0.25) is 0 Å². The smallest absolute Gasteiger partial charge is 0.166 e. The fraction of sp³-hybridized carbons (Fsp3) is 0.100. The van der Waals surface area contributed by atoms with Gasteiger partial charge in [0.1, 0.15) is 0 Å². The molecule has 0 bridgehead atoms. The molecule has 0 saturated heterocycles. The van der Waals surface area contributed by atoms with Crippen LogP contribution >= 0.6 is 0 Å². The fourth-order valence-electron chi connectivity index (χ4n) is 1.48. The summed E-state index contributed by atoms with van der Waals surface area (Å²) in [6.45, 7) is 1.90. The number of aromatic amines is 1. The molecule has 3 nitrogen and oxygen atoms in total. The highest BCUT2D eigenvalue weighted by molar-refractivity contribution is 5.93. The zero-order valence-electron chi connectivity index (χ0n) is 7.29. The minimum atomic E-state index is 0.626. The average molecular weight is 174 g/mol. The van der Waals surface area contributed by atoms with Gasteiger partial charge in [0.25, 0.3) is 0 Å². The van der Waals surface area contributed by atoms with Crippen molar-refractivity contribution in [3.63, 3.8) is 0 Å². The van der Waals surface area contributed by atoms with Gasteiger partial charge in [-0.2, -0.15) is 0 Å². The Balaban J connectivity index is 2.84. The first-order valence-electron chi connectivity index (χ1n) is 4.05. The van der Waals surface area contributed by atoms with E-state index in [1.165, 1.54) is 0 Å². The van der Waals surface area contributed by atoms with Crippen LogP contribution in [0.15, 0.2) is 18.2 Å². The van der Waals surface area contributed by atoms with Crippen LogP contribution in [-0.4, -0.2) is 11.3 Å². The zero-order chi connectivity index (χ0) is 9.42. The molecular formula is C10H10N2O. The quantitative estimate of drug-likeness (QED) is 0.512. The maximum atomic E-state index is 10.6. The summed E-state index contributed by atoms with van der Waals surface area (Å²) in [5.41, 5.74) is 8.89. The second-order valence-corrected chi connectivity index (χ2v) is 3.09. The molecular weight excluding hydrogens is 164 g/mol. The highest BCUT2D eigenvalue weighted by Crippen LogP contribution is 2.22. The number of carbonyl (C=O) groups is 1. The number of nitrogen functional groups attached to an aromatic ring is 1. The molecule has 3 N–H and O–H groups in total. The lowest BCUT2D eigenvalue weighted by atomic mass is 10.1. The second kappa shape index (κ2) is 2.62. The summed E-state index contributed by atoms with van der Waals surface area (Å²) in [4.78, 5) is 13.6. The topological polar surface area (TPSA) is 58.9 Å². The van der Waals surface area contributed by atoms with Crippen molar-refractivity contribution in [2.75, 3.05) is 5.73 Å². The Bertz CT molecular complexity index is 471. The number of H-pyrrole nitrogens is 1. The van der Waals surface area contributed by atoms with E-state index in [0.717, 1.165) is 22.8 Å². The third-order valence-electron chi connectivity index (χ3n) is 2.24. The fourth-order valence-corrected chi connectivity index (χ4v) is 1.48. The molecule has 2 rings (SSSR count). The molecule has 1 aromatic carbocycles. The molecule has 3 heteroatoms. The van der Waals surface area contributed by atoms with Gasteiger partial charge in [0, 0.05) is 16.6 Å². The van der Waals surface area contributed by atoms with Crippen LogP contribution < -0.4 is 5.73 Å². The standard InChI is InChI=1S/C10H10N2O/c1-6-8-4-7(11)2-3-9(8)12-10(6)5-13/h2-5,12H,11H2,1H3. The predicted octanol–water partition coefficient (Wildman–Crippen LogP) is 1.87. The largest absolute Gasteiger partial charge is 0.399 e. The summed E-state index contributed by atoms with van der Waals surface area (Å²) < 4.78 is 0. The van der Waals surface area contributed by atoms with E-state index in [9.17, 15) is 4.79 Å². The zero-order valence-corrected chi connectivity index (χ0v) is 7.29. The van der Waals surface area contributed by atoms with Crippen molar-refractivity contribution in [2.24, 2.45) is 0 Å². The number of hydrogen-bond acceptors (Lipinski definition) is 2. The lowest BCUT2D eigenvalue weighted by Gasteiger charge is -1.93. The molecule has 0 unspecified atom stereocenters. The first-order chi connectivity index (χ1) is 6.22. The molecule has 0 amide bonds. The van der Waals surface area contributed by atoms with Gasteiger partial charge >= 0.3 is 0 Å². The molecule has 66 valence electrons. The summed E-state index contributed by atoms with van der Waals surface area (Å²) in [5.74, 6) is 0. The van der Waals surface area contributed by atoms with Crippen LogP contribution in [0.5, 0.6) is 0 Å². The van der Waals surface area contributed by atoms with E-state index in [0.29, 0.717) is 11.4 Å². The van der Waals surface area contributed by atoms with Crippen molar-refractivity contribution < 1.29 is 4.79 Å². The van der Waals surface area contributed by atoms with E-state index in [-0.39, 0.29) is 0 Å². The molecule has 0 saturated carbocycles. The number of nitrogens with two attached hydrogens (primary N) is 1. The highest BCUT2D eigenvalue weighted by Gasteiger charge is 2.05. The number of fused-ring (bicyclic) bond motifs is 1. The molecule has 13 heavy (non-hydrogen) atoms. The van der Waals surface area contributed by atoms with E-state index >= 15 is 0 Å². The maximum absolute atomic E-state index is 10.6. The number of aldehydes is 1. The van der Waals surface area contributed by atoms with Crippen molar-refractivity contribution in [1.82, 2.24) is 4.98 Å². The number of aryl methyl sites for hydroxylation is 1. The lowest BCUT2D eigenvalue weighted by molar-refractivity contribution is 0.111. The van der Waals surface area contributed by atoms with E-state index < -0.39 is 0 Å². The third-order valence-corrected chi connectivity index (χ3v) is 2.24. The Hall–Kier alpha value is -1.77. The van der Waals surface area contributed by atoms with Crippen LogP contribution in [0, 0.1) is 6.92 Å². The van der Waals surface area contributed by atoms with Crippen molar-refractivity contribution >= 4 is 22.9 Å². The lowest BCUT2D eigenvalue weighted by Crippen LogP contribution is -1.82. The van der Waals surface area contributed by atoms with Crippen molar-refractivity contribution in [3.05, 3.63) is 29.5 Å². The van der Waals surface area contributed by atoms with E-state index in [1.54, 1.807) is 0 Å². The van der Waals surface area contributed by atoms with Crippen LogP contribution in [0.2, 0.25) is 0 Å². The van der Waals surface area contributed by atoms with Gasteiger partial charge in [-0.1, -0.05) is 0 Å². The first-order valence-corrected chi connectivity index (χ1v) is 4.05. The summed E-state index contributed by atoms with van der Waals surface area (Å²) in [6, 6.07) is 5.56. The molecule has 0 radical (unpaired) electrons. The van der Waals surface area contributed by atoms with Gasteiger partial charge in [-0.05, 0) is 30.7 Å². The van der Waals surface area contributed by atoms with Crippen LogP contribution in [0.4, 0.5) is 5.69 Å². The molecule has 0 aliphatic heterocycles. The first kappa shape index (κ1) is 7.86. The maximum Gasteiger partial charge on any atom is 0.166 e. The second-order valence-electron chi connectivity index (χ2n) is 3.09. The van der Waals surface area contributed by atoms with Gasteiger partial charge in [0.05, 0.1) is 5.69 Å². The summed E-state index contributed by atoms with van der Waals surface area (Å²) >= 11 is 0. The van der Waals surface area contributed by atoms with Crippen molar-refractivity contribution in [3.8, 4) is 0 Å². The molecule has 1 aromatic heterocycles. The SMILES string of the molecule is Cc1c(C=O)[nH]c2ccc(N)cc12. The summed E-state index contributed by atoms with van der Waals surface area (Å²) in [5, 5.41) is 1.02. The van der Waals surface area contributed by atoms with Gasteiger partial charge in [-0.15, -0.1) is 0 Å². The van der Waals surface area contributed by atoms with Crippen molar-refractivity contribution in [1.29, 1.82) is 0 Å². The molecule has 0 spiro atoms. The molecule has 0 aliphatic rings. The minimum absolute atomic E-state index is 0.626. The van der Waals surface area contributed by atoms with Crippen LogP contribution in [0.3, 0.4) is 0 Å². The van der Waals surface area contributed by atoms with Gasteiger partial charge < -0.3 is 10.7 Å². The van der Waals surface area contributed by atoms with Crippen LogP contribution in [-0.2, 0) is 0 Å². The molecule has 2 aromatic rings.